The van der Waals surface area contributed by atoms with E-state index >= 15 is 0 Å². The van der Waals surface area contributed by atoms with Gasteiger partial charge in [0, 0.05) is 6.92 Å². The first kappa shape index (κ1) is 19.3. The number of aliphatic carboxylic acids is 2. The van der Waals surface area contributed by atoms with Crippen LogP contribution >= 0.6 is 0 Å². The van der Waals surface area contributed by atoms with Gasteiger partial charge in [-0.05, 0) is 12.8 Å². The van der Waals surface area contributed by atoms with Crippen LogP contribution in [0, 0.1) is 5.92 Å². The maximum Gasteiger partial charge on any atom is 0.306 e. The molecule has 0 saturated carbocycles. The first-order valence-corrected chi connectivity index (χ1v) is 6.87. The molecule has 0 aliphatic carbocycles. The smallest absolute Gasteiger partial charge is 0.306 e. The Morgan fingerprint density at radius 2 is 1.33 bits per heavy atom. The minimum absolute atomic E-state index is 0.0909. The molecule has 0 aromatic heterocycles. The summed E-state index contributed by atoms with van der Waals surface area (Å²) in [6.07, 6.45) is 8.59. The van der Waals surface area contributed by atoms with Gasteiger partial charge in [-0.2, -0.15) is 0 Å². The fourth-order valence-electron chi connectivity index (χ4n) is 1.66. The van der Waals surface area contributed by atoms with Crippen LogP contribution in [0.15, 0.2) is 0 Å². The van der Waals surface area contributed by atoms with Gasteiger partial charge in [-0.15, -0.1) is 0 Å². The van der Waals surface area contributed by atoms with E-state index in [1.54, 1.807) is 0 Å². The molecule has 0 aromatic rings. The van der Waals surface area contributed by atoms with E-state index in [-0.39, 0.29) is 5.92 Å². The van der Waals surface area contributed by atoms with Crippen LogP contribution < -0.4 is 0 Å². The normalized spacial score (nSPS) is 11.3. The lowest BCUT2D eigenvalue weighted by atomic mass is 9.95. The Morgan fingerprint density at radius 1 is 0.889 bits per heavy atom. The van der Waals surface area contributed by atoms with Gasteiger partial charge in [0.05, 0.1) is 5.92 Å². The average molecular weight is 260 g/mol. The van der Waals surface area contributed by atoms with Crippen LogP contribution in [-0.4, -0.2) is 22.2 Å². The van der Waals surface area contributed by atoms with Crippen molar-refractivity contribution in [1.29, 1.82) is 0 Å². The number of unbranched alkanes of at least 4 members (excludes halogenated alkanes) is 4. The molecule has 0 saturated heterocycles. The number of hydrogen-bond acceptors (Lipinski definition) is 2. The summed E-state index contributed by atoms with van der Waals surface area (Å²) >= 11 is 0. The standard InChI is InChI=1S/C12H24O2.C2H4O2/c1-3-5-7-8-10-11(12(13)14)9-6-4-2;1-2(3)4/h11H,3-10H2,1-2H3,(H,13,14);1H3,(H,3,4). The minimum atomic E-state index is -0.833. The summed E-state index contributed by atoms with van der Waals surface area (Å²) in [5.41, 5.74) is 0. The van der Waals surface area contributed by atoms with E-state index in [0.717, 1.165) is 39.0 Å². The van der Waals surface area contributed by atoms with Crippen molar-refractivity contribution in [2.24, 2.45) is 5.92 Å². The molecule has 4 nitrogen and oxygen atoms in total. The third kappa shape index (κ3) is 17.3. The molecule has 0 spiro atoms. The van der Waals surface area contributed by atoms with Crippen LogP contribution in [0.5, 0.6) is 0 Å². The largest absolute Gasteiger partial charge is 0.481 e. The summed E-state index contributed by atoms with van der Waals surface area (Å²) in [4.78, 5) is 19.9. The van der Waals surface area contributed by atoms with Crippen molar-refractivity contribution in [1.82, 2.24) is 0 Å². The van der Waals surface area contributed by atoms with Gasteiger partial charge in [-0.25, -0.2) is 0 Å². The fraction of sp³-hybridized carbons (Fsp3) is 0.857. The van der Waals surface area contributed by atoms with Crippen LogP contribution in [0.2, 0.25) is 0 Å². The number of carboxylic acid groups (broad SMARTS) is 2. The summed E-state index contributed by atoms with van der Waals surface area (Å²) in [6.45, 7) is 5.36. The van der Waals surface area contributed by atoms with Crippen molar-refractivity contribution < 1.29 is 19.8 Å². The molecule has 0 aliphatic heterocycles. The molecule has 0 aromatic carbocycles. The Kier molecular flexibility index (Phi) is 15.0. The van der Waals surface area contributed by atoms with Crippen molar-refractivity contribution in [3.63, 3.8) is 0 Å². The van der Waals surface area contributed by atoms with E-state index in [9.17, 15) is 4.79 Å². The predicted octanol–water partition coefficient (Wildman–Crippen LogP) is 3.94. The minimum Gasteiger partial charge on any atom is -0.481 e. The van der Waals surface area contributed by atoms with E-state index in [2.05, 4.69) is 13.8 Å². The van der Waals surface area contributed by atoms with Crippen LogP contribution in [0.1, 0.15) is 72.1 Å². The van der Waals surface area contributed by atoms with E-state index in [1.807, 2.05) is 0 Å². The first-order valence-electron chi connectivity index (χ1n) is 6.87. The van der Waals surface area contributed by atoms with Gasteiger partial charge in [-0.3, -0.25) is 9.59 Å². The Labute approximate surface area is 110 Å². The second-order valence-electron chi connectivity index (χ2n) is 4.55. The van der Waals surface area contributed by atoms with E-state index < -0.39 is 11.9 Å². The fourth-order valence-corrected chi connectivity index (χ4v) is 1.66. The third-order valence-corrected chi connectivity index (χ3v) is 2.66. The lowest BCUT2D eigenvalue weighted by Gasteiger charge is -2.10. The highest BCUT2D eigenvalue weighted by molar-refractivity contribution is 5.69. The van der Waals surface area contributed by atoms with Crippen LogP contribution in [0.4, 0.5) is 0 Å². The van der Waals surface area contributed by atoms with Crippen molar-refractivity contribution in [3.05, 3.63) is 0 Å². The zero-order chi connectivity index (χ0) is 14.4. The third-order valence-electron chi connectivity index (χ3n) is 2.66. The summed E-state index contributed by atoms with van der Waals surface area (Å²) in [5.74, 6) is -1.53. The number of hydrogen-bond donors (Lipinski definition) is 2. The summed E-state index contributed by atoms with van der Waals surface area (Å²) < 4.78 is 0. The molecule has 0 rings (SSSR count). The molecule has 0 amide bonds. The molecule has 108 valence electrons. The number of rotatable bonds is 9. The lowest BCUT2D eigenvalue weighted by Crippen LogP contribution is -2.13. The first-order chi connectivity index (χ1) is 8.45. The lowest BCUT2D eigenvalue weighted by molar-refractivity contribution is -0.142. The van der Waals surface area contributed by atoms with E-state index in [0.29, 0.717) is 0 Å². The zero-order valence-corrected chi connectivity index (χ0v) is 11.9. The highest BCUT2D eigenvalue weighted by Crippen LogP contribution is 2.17. The average Bonchev–Trinajstić information content (AvgIpc) is 2.27. The molecule has 4 heteroatoms. The van der Waals surface area contributed by atoms with E-state index in [1.165, 1.54) is 19.3 Å². The van der Waals surface area contributed by atoms with Gasteiger partial charge in [0.1, 0.15) is 0 Å². The molecule has 0 heterocycles. The summed E-state index contributed by atoms with van der Waals surface area (Å²) in [7, 11) is 0. The van der Waals surface area contributed by atoms with Crippen LogP contribution in [0.25, 0.3) is 0 Å². The molecule has 0 aliphatic rings. The molecule has 18 heavy (non-hydrogen) atoms. The molecule has 2 N–H and O–H groups in total. The second-order valence-corrected chi connectivity index (χ2v) is 4.55. The monoisotopic (exact) mass is 260 g/mol. The van der Waals surface area contributed by atoms with Gasteiger partial charge in [0.15, 0.2) is 0 Å². The Balaban J connectivity index is 0. The van der Waals surface area contributed by atoms with Crippen LogP contribution in [0.3, 0.4) is 0 Å². The molecule has 0 radical (unpaired) electrons. The number of carbonyl (C=O) groups is 2. The van der Waals surface area contributed by atoms with Gasteiger partial charge in [0.2, 0.25) is 0 Å². The Morgan fingerprint density at radius 3 is 1.72 bits per heavy atom. The van der Waals surface area contributed by atoms with Gasteiger partial charge in [-0.1, -0.05) is 52.4 Å². The number of carboxylic acids is 2. The quantitative estimate of drug-likeness (QED) is 0.616. The molecule has 1 atom stereocenters. The predicted molar refractivity (Wildman–Crippen MR) is 72.7 cm³/mol. The molecule has 0 bridgehead atoms. The Hall–Kier alpha value is -1.06. The molecule has 1 unspecified atom stereocenters. The maximum absolute atomic E-state index is 10.9. The van der Waals surface area contributed by atoms with Crippen molar-refractivity contribution in [2.75, 3.05) is 0 Å². The maximum atomic E-state index is 10.9. The molecule has 0 fully saturated rings. The van der Waals surface area contributed by atoms with E-state index in [4.69, 9.17) is 15.0 Å². The topological polar surface area (TPSA) is 74.6 Å². The van der Waals surface area contributed by atoms with Crippen molar-refractivity contribution in [3.8, 4) is 0 Å². The summed E-state index contributed by atoms with van der Waals surface area (Å²) in [5, 5.41) is 16.4. The second kappa shape index (κ2) is 14.0. The SMILES string of the molecule is CC(=O)O.CCCCCCC(CCCC)C(=O)O. The summed E-state index contributed by atoms with van der Waals surface area (Å²) in [6, 6.07) is 0. The molecular weight excluding hydrogens is 232 g/mol. The van der Waals surface area contributed by atoms with Crippen molar-refractivity contribution in [2.45, 2.75) is 72.1 Å². The van der Waals surface area contributed by atoms with Crippen molar-refractivity contribution >= 4 is 11.9 Å². The highest BCUT2D eigenvalue weighted by atomic mass is 16.4. The highest BCUT2D eigenvalue weighted by Gasteiger charge is 2.15. The molecular formula is C14H28O4. The van der Waals surface area contributed by atoms with Crippen LogP contribution in [-0.2, 0) is 9.59 Å². The van der Waals surface area contributed by atoms with Gasteiger partial charge < -0.3 is 10.2 Å². The Bertz CT molecular complexity index is 210. The van der Waals surface area contributed by atoms with Gasteiger partial charge >= 0.3 is 5.97 Å². The zero-order valence-electron chi connectivity index (χ0n) is 11.9. The van der Waals surface area contributed by atoms with Gasteiger partial charge in [0.25, 0.3) is 5.97 Å².